The second-order valence-corrected chi connectivity index (χ2v) is 5.89. The van der Waals surface area contributed by atoms with Crippen LogP contribution in [0.2, 0.25) is 5.02 Å². The largest absolute Gasteiger partial charge is 0.359 e. The highest BCUT2D eigenvalue weighted by Gasteiger charge is 2.32. The Morgan fingerprint density at radius 1 is 1.52 bits per heavy atom. The van der Waals surface area contributed by atoms with E-state index in [2.05, 4.69) is 10.5 Å². The summed E-state index contributed by atoms with van der Waals surface area (Å²) >= 11 is 5.74. The van der Waals surface area contributed by atoms with Gasteiger partial charge in [-0.3, -0.25) is 0 Å². The molecule has 0 radical (unpaired) electrons. The summed E-state index contributed by atoms with van der Waals surface area (Å²) in [6.45, 7) is 2.63. The number of benzene rings is 1. The number of urea groups is 1. The van der Waals surface area contributed by atoms with E-state index < -0.39 is 5.82 Å². The lowest BCUT2D eigenvalue weighted by Gasteiger charge is -2.23. The van der Waals surface area contributed by atoms with E-state index in [0.29, 0.717) is 18.0 Å². The molecule has 0 bridgehead atoms. The Kier molecular flexibility index (Phi) is 4.52. The summed E-state index contributed by atoms with van der Waals surface area (Å²) in [5.41, 5.74) is 1.33. The SMILES string of the molecule is CCc1cc(C2CCCN2C(=O)Nc2ccc(F)c(Cl)c2)on1. The van der Waals surface area contributed by atoms with Crippen molar-refractivity contribution in [1.82, 2.24) is 10.1 Å². The van der Waals surface area contributed by atoms with Crippen molar-refractivity contribution in [2.75, 3.05) is 11.9 Å². The fourth-order valence-corrected chi connectivity index (χ4v) is 2.91. The first-order chi connectivity index (χ1) is 11.1. The molecule has 7 heteroatoms. The first-order valence-corrected chi connectivity index (χ1v) is 7.94. The molecule has 1 unspecified atom stereocenters. The van der Waals surface area contributed by atoms with E-state index in [1.165, 1.54) is 18.2 Å². The Labute approximate surface area is 138 Å². The zero-order chi connectivity index (χ0) is 16.4. The monoisotopic (exact) mass is 337 g/mol. The maximum Gasteiger partial charge on any atom is 0.322 e. The van der Waals surface area contributed by atoms with Gasteiger partial charge in [0.1, 0.15) is 5.82 Å². The topological polar surface area (TPSA) is 58.4 Å². The molecule has 1 N–H and O–H groups in total. The zero-order valence-corrected chi connectivity index (χ0v) is 13.4. The number of nitrogens with zero attached hydrogens (tertiary/aromatic N) is 2. The maximum atomic E-state index is 13.2. The highest BCUT2D eigenvalue weighted by molar-refractivity contribution is 6.31. The minimum Gasteiger partial charge on any atom is -0.359 e. The Morgan fingerprint density at radius 3 is 3.04 bits per heavy atom. The fourth-order valence-electron chi connectivity index (χ4n) is 2.73. The van der Waals surface area contributed by atoms with Gasteiger partial charge < -0.3 is 14.7 Å². The molecule has 1 aromatic carbocycles. The van der Waals surface area contributed by atoms with Gasteiger partial charge in [0, 0.05) is 18.3 Å². The van der Waals surface area contributed by atoms with Crippen LogP contribution in [0.5, 0.6) is 0 Å². The summed E-state index contributed by atoms with van der Waals surface area (Å²) < 4.78 is 18.5. The number of halogens is 2. The molecule has 122 valence electrons. The zero-order valence-electron chi connectivity index (χ0n) is 12.7. The van der Waals surface area contributed by atoms with E-state index >= 15 is 0 Å². The molecule has 0 spiro atoms. The first-order valence-electron chi connectivity index (χ1n) is 7.56. The van der Waals surface area contributed by atoms with Gasteiger partial charge in [-0.05, 0) is 37.5 Å². The number of amides is 2. The van der Waals surface area contributed by atoms with Gasteiger partial charge in [0.25, 0.3) is 0 Å². The van der Waals surface area contributed by atoms with Crippen LogP contribution < -0.4 is 5.32 Å². The number of hydrogen-bond acceptors (Lipinski definition) is 3. The van der Waals surface area contributed by atoms with Gasteiger partial charge in [0.15, 0.2) is 5.76 Å². The average molecular weight is 338 g/mol. The van der Waals surface area contributed by atoms with Crippen LogP contribution in [0.1, 0.15) is 37.3 Å². The van der Waals surface area contributed by atoms with E-state index in [1.807, 2.05) is 13.0 Å². The van der Waals surface area contributed by atoms with Gasteiger partial charge in [-0.2, -0.15) is 0 Å². The molecular weight excluding hydrogens is 321 g/mol. The summed E-state index contributed by atoms with van der Waals surface area (Å²) in [6.07, 6.45) is 2.51. The van der Waals surface area contributed by atoms with Crippen molar-refractivity contribution < 1.29 is 13.7 Å². The van der Waals surface area contributed by atoms with Gasteiger partial charge in [0.05, 0.1) is 16.8 Å². The van der Waals surface area contributed by atoms with Crippen molar-refractivity contribution in [2.24, 2.45) is 0 Å². The van der Waals surface area contributed by atoms with Gasteiger partial charge in [-0.15, -0.1) is 0 Å². The fraction of sp³-hybridized carbons (Fsp3) is 0.375. The number of likely N-dealkylation sites (tertiary alicyclic amines) is 1. The summed E-state index contributed by atoms with van der Waals surface area (Å²) in [5.74, 6) is 0.184. The second-order valence-electron chi connectivity index (χ2n) is 5.48. The van der Waals surface area contributed by atoms with Crippen molar-refractivity contribution in [3.8, 4) is 0 Å². The normalized spacial score (nSPS) is 17.5. The summed E-state index contributed by atoms with van der Waals surface area (Å²) in [5, 5.41) is 6.71. The standard InChI is InChI=1S/C16H17ClFN3O2/c1-2-10-9-15(23-20-10)14-4-3-7-21(14)16(22)19-11-5-6-13(18)12(17)8-11/h5-6,8-9,14H,2-4,7H2,1H3,(H,19,22). The molecule has 3 rings (SSSR count). The summed E-state index contributed by atoms with van der Waals surface area (Å²) in [6, 6.07) is 5.61. The number of nitrogens with one attached hydrogen (secondary N) is 1. The molecule has 1 saturated heterocycles. The van der Waals surface area contributed by atoms with Crippen LogP contribution in [-0.4, -0.2) is 22.6 Å². The Hall–Kier alpha value is -2.08. The van der Waals surface area contributed by atoms with E-state index in [4.69, 9.17) is 16.1 Å². The molecule has 0 aliphatic carbocycles. The molecule has 0 saturated carbocycles. The van der Waals surface area contributed by atoms with Gasteiger partial charge >= 0.3 is 6.03 Å². The Balaban J connectivity index is 1.73. The molecule has 1 aromatic heterocycles. The molecule has 23 heavy (non-hydrogen) atoms. The van der Waals surface area contributed by atoms with Crippen molar-refractivity contribution in [1.29, 1.82) is 0 Å². The first kappa shape index (κ1) is 15.8. The van der Waals surface area contributed by atoms with E-state index in [0.717, 1.165) is 25.0 Å². The lowest BCUT2D eigenvalue weighted by atomic mass is 10.1. The predicted molar refractivity (Wildman–Crippen MR) is 85.0 cm³/mol. The number of hydrogen-bond donors (Lipinski definition) is 1. The molecule has 2 amide bonds. The predicted octanol–water partition coefficient (Wildman–Crippen LogP) is 4.40. The number of aryl methyl sites for hydroxylation is 1. The Morgan fingerprint density at radius 2 is 2.35 bits per heavy atom. The van der Waals surface area contributed by atoms with E-state index in [1.54, 1.807) is 4.90 Å². The number of rotatable bonds is 3. The molecule has 5 nitrogen and oxygen atoms in total. The van der Waals surface area contributed by atoms with Crippen molar-refractivity contribution in [3.05, 3.63) is 46.6 Å². The van der Waals surface area contributed by atoms with E-state index in [9.17, 15) is 9.18 Å². The minimum atomic E-state index is -0.516. The summed E-state index contributed by atoms with van der Waals surface area (Å²) in [7, 11) is 0. The van der Waals surface area contributed by atoms with Crippen LogP contribution in [-0.2, 0) is 6.42 Å². The molecule has 1 aliphatic heterocycles. The number of carbonyl (C=O) groups is 1. The lowest BCUT2D eigenvalue weighted by Crippen LogP contribution is -2.34. The quantitative estimate of drug-likeness (QED) is 0.903. The molecular formula is C16H17ClFN3O2. The van der Waals surface area contributed by atoms with Gasteiger partial charge in [-0.1, -0.05) is 23.7 Å². The maximum absolute atomic E-state index is 13.2. The molecule has 2 aromatic rings. The van der Waals surface area contributed by atoms with Crippen LogP contribution in [0.25, 0.3) is 0 Å². The third kappa shape index (κ3) is 3.32. The highest BCUT2D eigenvalue weighted by Crippen LogP contribution is 2.33. The van der Waals surface area contributed by atoms with E-state index in [-0.39, 0.29) is 17.1 Å². The minimum absolute atomic E-state index is 0.0244. The van der Waals surface area contributed by atoms with Crippen molar-refractivity contribution >= 4 is 23.3 Å². The Bertz CT molecular complexity index is 719. The molecule has 1 fully saturated rings. The number of aromatic nitrogens is 1. The van der Waals surface area contributed by atoms with Crippen LogP contribution in [0.3, 0.4) is 0 Å². The van der Waals surface area contributed by atoms with Crippen LogP contribution >= 0.6 is 11.6 Å². The number of anilines is 1. The van der Waals surface area contributed by atoms with Crippen molar-refractivity contribution in [3.63, 3.8) is 0 Å². The number of carbonyl (C=O) groups excluding carboxylic acids is 1. The molecule has 1 atom stereocenters. The van der Waals surface area contributed by atoms with Crippen LogP contribution in [0.15, 0.2) is 28.8 Å². The molecule has 1 aliphatic rings. The summed E-state index contributed by atoms with van der Waals surface area (Å²) in [4.78, 5) is 14.2. The van der Waals surface area contributed by atoms with Crippen LogP contribution in [0.4, 0.5) is 14.9 Å². The smallest absolute Gasteiger partial charge is 0.322 e. The highest BCUT2D eigenvalue weighted by atomic mass is 35.5. The molecule has 2 heterocycles. The van der Waals surface area contributed by atoms with Gasteiger partial charge in [0.2, 0.25) is 0 Å². The average Bonchev–Trinajstić information content (AvgIpc) is 3.18. The second kappa shape index (κ2) is 6.58. The van der Waals surface area contributed by atoms with Crippen molar-refractivity contribution in [2.45, 2.75) is 32.2 Å². The van der Waals surface area contributed by atoms with Gasteiger partial charge in [-0.25, -0.2) is 9.18 Å². The third-order valence-corrected chi connectivity index (χ3v) is 4.24. The lowest BCUT2D eigenvalue weighted by molar-refractivity contribution is 0.195. The third-order valence-electron chi connectivity index (χ3n) is 3.95. The van der Waals surface area contributed by atoms with Crippen LogP contribution in [0, 0.1) is 5.82 Å².